The number of aliphatic hydroxyl groups excluding tert-OH is 5. The molecule has 0 spiro atoms. The highest BCUT2D eigenvalue weighted by Crippen LogP contribution is 2.38. The SMILES string of the molecule is OC[C@H]1O[C@](O)(c2ccc(Cl)c(Cc3ccc(O[C@@H]4CCCC[C@H]4O)cc3)c2)[C@H](O)[C@@H](O)[C@@H]1O. The molecule has 0 unspecified atom stereocenters. The van der Waals surface area contributed by atoms with Gasteiger partial charge in [-0.05, 0) is 61.1 Å². The van der Waals surface area contributed by atoms with Gasteiger partial charge in [0.25, 0.3) is 0 Å². The molecule has 1 saturated carbocycles. The van der Waals surface area contributed by atoms with E-state index >= 15 is 0 Å². The van der Waals surface area contributed by atoms with E-state index in [1.165, 1.54) is 6.07 Å². The third-order valence-corrected chi connectivity index (χ3v) is 7.07. The Kier molecular flexibility index (Phi) is 7.81. The van der Waals surface area contributed by atoms with Crippen molar-refractivity contribution in [1.82, 2.24) is 0 Å². The molecule has 2 aromatic carbocycles. The molecule has 1 aliphatic heterocycles. The van der Waals surface area contributed by atoms with Crippen LogP contribution in [0.5, 0.6) is 5.75 Å². The van der Waals surface area contributed by atoms with Crippen molar-refractivity contribution < 1.29 is 40.1 Å². The topological polar surface area (TPSA) is 140 Å². The summed E-state index contributed by atoms with van der Waals surface area (Å²) in [4.78, 5) is 0. The lowest BCUT2D eigenvalue weighted by atomic mass is 9.87. The van der Waals surface area contributed by atoms with Gasteiger partial charge in [0.15, 0.2) is 0 Å². The second kappa shape index (κ2) is 10.5. The molecule has 2 fully saturated rings. The van der Waals surface area contributed by atoms with Crippen LogP contribution in [0.4, 0.5) is 0 Å². The van der Waals surface area contributed by atoms with Crippen LogP contribution < -0.4 is 4.74 Å². The van der Waals surface area contributed by atoms with E-state index in [-0.39, 0.29) is 11.7 Å². The third-order valence-electron chi connectivity index (χ3n) is 6.70. The third kappa shape index (κ3) is 5.10. The Morgan fingerprint density at radius 1 is 0.971 bits per heavy atom. The first-order valence-electron chi connectivity index (χ1n) is 11.5. The fourth-order valence-electron chi connectivity index (χ4n) is 4.62. The Balaban J connectivity index is 1.51. The molecule has 1 saturated heterocycles. The van der Waals surface area contributed by atoms with Crippen molar-refractivity contribution in [3.05, 3.63) is 64.2 Å². The van der Waals surface area contributed by atoms with E-state index in [9.17, 15) is 30.6 Å². The molecule has 0 bridgehead atoms. The highest BCUT2D eigenvalue weighted by molar-refractivity contribution is 6.31. The van der Waals surface area contributed by atoms with Gasteiger partial charge in [0, 0.05) is 10.6 Å². The first-order chi connectivity index (χ1) is 16.2. The van der Waals surface area contributed by atoms with Crippen LogP contribution in [0.1, 0.15) is 42.4 Å². The highest BCUT2D eigenvalue weighted by Gasteiger charge is 2.53. The number of benzene rings is 2. The maximum atomic E-state index is 11.1. The average Bonchev–Trinajstić information content (AvgIpc) is 2.84. The van der Waals surface area contributed by atoms with Crippen molar-refractivity contribution in [3.63, 3.8) is 0 Å². The Hall–Kier alpha value is -1.75. The van der Waals surface area contributed by atoms with E-state index in [0.717, 1.165) is 31.2 Å². The molecule has 7 atom stereocenters. The molecule has 9 heteroatoms. The van der Waals surface area contributed by atoms with Crippen molar-refractivity contribution in [3.8, 4) is 5.75 Å². The summed E-state index contributed by atoms with van der Waals surface area (Å²) in [5, 5.41) is 61.6. The van der Waals surface area contributed by atoms with Gasteiger partial charge in [0.2, 0.25) is 5.79 Å². The van der Waals surface area contributed by atoms with Crippen LogP contribution >= 0.6 is 11.6 Å². The van der Waals surface area contributed by atoms with Crippen molar-refractivity contribution >= 4 is 11.6 Å². The smallest absolute Gasteiger partial charge is 0.222 e. The minimum absolute atomic E-state index is 0.134. The summed E-state index contributed by atoms with van der Waals surface area (Å²) in [5.74, 6) is -1.67. The van der Waals surface area contributed by atoms with Crippen LogP contribution in [0.2, 0.25) is 5.02 Å². The minimum atomic E-state index is -2.34. The number of hydrogen-bond donors (Lipinski definition) is 6. The monoisotopic (exact) mass is 494 g/mol. The Morgan fingerprint density at radius 2 is 1.68 bits per heavy atom. The van der Waals surface area contributed by atoms with Gasteiger partial charge in [0.05, 0.1) is 12.7 Å². The molecular weight excluding hydrogens is 464 g/mol. The van der Waals surface area contributed by atoms with Crippen LogP contribution in [-0.2, 0) is 16.9 Å². The van der Waals surface area contributed by atoms with Crippen LogP contribution in [0.3, 0.4) is 0 Å². The first kappa shape index (κ1) is 25.3. The fourth-order valence-corrected chi connectivity index (χ4v) is 4.81. The van der Waals surface area contributed by atoms with E-state index in [0.29, 0.717) is 22.8 Å². The lowest BCUT2D eigenvalue weighted by Gasteiger charge is -2.45. The van der Waals surface area contributed by atoms with Gasteiger partial charge < -0.3 is 40.1 Å². The standard InChI is InChI=1S/C25H31ClO8/c26-18-10-7-16(25(32)24(31)23(30)22(29)21(13-27)34-25)12-15(18)11-14-5-8-17(9-6-14)33-20-4-2-1-3-19(20)28/h5-10,12,19-24,27-32H,1-4,11,13H2/t19-,20-,21-,22-,23+,24-,25-/m1/s1. The molecule has 0 radical (unpaired) electrons. The maximum absolute atomic E-state index is 11.1. The quantitative estimate of drug-likeness (QED) is 0.352. The molecule has 1 aliphatic carbocycles. The normalized spacial score (nSPS) is 34.1. The van der Waals surface area contributed by atoms with Crippen LogP contribution in [-0.4, -0.2) is 73.9 Å². The zero-order chi connectivity index (χ0) is 24.5. The molecule has 6 N–H and O–H groups in total. The Labute approximate surface area is 203 Å². The average molecular weight is 495 g/mol. The van der Waals surface area contributed by atoms with Gasteiger partial charge in [-0.1, -0.05) is 36.2 Å². The number of aliphatic hydroxyl groups is 6. The summed E-state index contributed by atoms with van der Waals surface area (Å²) >= 11 is 6.38. The predicted octanol–water partition coefficient (Wildman–Crippen LogP) is 1.23. The summed E-state index contributed by atoms with van der Waals surface area (Å²) < 4.78 is 11.4. The van der Waals surface area contributed by atoms with Gasteiger partial charge >= 0.3 is 0 Å². The molecule has 0 amide bonds. The molecule has 1 heterocycles. The minimum Gasteiger partial charge on any atom is -0.488 e. The molecule has 186 valence electrons. The molecule has 2 aromatic rings. The van der Waals surface area contributed by atoms with Crippen molar-refractivity contribution in [2.45, 2.75) is 74.5 Å². The zero-order valence-corrected chi connectivity index (χ0v) is 19.4. The second-order valence-corrected chi connectivity index (χ2v) is 9.50. The van der Waals surface area contributed by atoms with Gasteiger partial charge in [-0.3, -0.25) is 0 Å². The van der Waals surface area contributed by atoms with Gasteiger partial charge in [-0.2, -0.15) is 0 Å². The second-order valence-electron chi connectivity index (χ2n) is 9.10. The van der Waals surface area contributed by atoms with Gasteiger partial charge in [-0.25, -0.2) is 0 Å². The van der Waals surface area contributed by atoms with E-state index in [1.54, 1.807) is 12.1 Å². The summed E-state index contributed by atoms with van der Waals surface area (Å²) in [6.45, 7) is -0.653. The largest absolute Gasteiger partial charge is 0.488 e. The summed E-state index contributed by atoms with van der Waals surface area (Å²) in [6.07, 6.45) is -3.03. The van der Waals surface area contributed by atoms with E-state index in [2.05, 4.69) is 0 Å². The molecular formula is C25H31ClO8. The highest BCUT2D eigenvalue weighted by atomic mass is 35.5. The lowest BCUT2D eigenvalue weighted by Crippen LogP contribution is -2.63. The van der Waals surface area contributed by atoms with Gasteiger partial charge in [-0.15, -0.1) is 0 Å². The van der Waals surface area contributed by atoms with Gasteiger partial charge in [0.1, 0.15) is 36.3 Å². The molecule has 34 heavy (non-hydrogen) atoms. The summed E-state index contributed by atoms with van der Waals surface area (Å²) in [6, 6.07) is 12.0. The number of rotatable bonds is 6. The zero-order valence-electron chi connectivity index (χ0n) is 18.6. The molecule has 8 nitrogen and oxygen atoms in total. The summed E-state index contributed by atoms with van der Waals surface area (Å²) in [5.41, 5.74) is 1.69. The van der Waals surface area contributed by atoms with E-state index in [4.69, 9.17) is 21.1 Å². The Bertz CT molecular complexity index is 968. The maximum Gasteiger partial charge on any atom is 0.222 e. The van der Waals surface area contributed by atoms with Crippen molar-refractivity contribution in [1.29, 1.82) is 0 Å². The molecule has 4 rings (SSSR count). The molecule has 0 aromatic heterocycles. The van der Waals surface area contributed by atoms with Crippen LogP contribution in [0.15, 0.2) is 42.5 Å². The number of hydrogen-bond acceptors (Lipinski definition) is 8. The van der Waals surface area contributed by atoms with Crippen LogP contribution in [0.25, 0.3) is 0 Å². The fraction of sp³-hybridized carbons (Fsp3) is 0.520. The van der Waals surface area contributed by atoms with Crippen LogP contribution in [0, 0.1) is 0 Å². The predicted molar refractivity (Wildman–Crippen MR) is 123 cm³/mol. The van der Waals surface area contributed by atoms with E-state index < -0.39 is 42.9 Å². The Morgan fingerprint density at radius 3 is 2.35 bits per heavy atom. The summed E-state index contributed by atoms with van der Waals surface area (Å²) in [7, 11) is 0. The van der Waals surface area contributed by atoms with Crippen molar-refractivity contribution in [2.75, 3.05) is 6.61 Å². The van der Waals surface area contributed by atoms with E-state index in [1.807, 2.05) is 24.3 Å². The number of halogens is 1. The lowest BCUT2D eigenvalue weighted by molar-refractivity contribution is -0.357. The first-order valence-corrected chi connectivity index (χ1v) is 11.9. The molecule has 2 aliphatic rings. The van der Waals surface area contributed by atoms with Crippen molar-refractivity contribution in [2.24, 2.45) is 0 Å². The number of ether oxygens (including phenoxy) is 2.